The zero-order valence-corrected chi connectivity index (χ0v) is 11.5. The number of ether oxygens (including phenoxy) is 3. The van der Waals surface area contributed by atoms with Gasteiger partial charge in [0.2, 0.25) is 0 Å². The third-order valence-corrected chi connectivity index (χ3v) is 2.68. The van der Waals surface area contributed by atoms with Crippen LogP contribution in [0, 0.1) is 0 Å². The van der Waals surface area contributed by atoms with Crippen LogP contribution in [0.4, 0.5) is 0 Å². The third-order valence-electron chi connectivity index (χ3n) is 2.68. The Bertz CT molecular complexity index is 295. The summed E-state index contributed by atoms with van der Waals surface area (Å²) in [5.74, 6) is 1.70. The van der Waals surface area contributed by atoms with Crippen molar-refractivity contribution in [2.45, 2.75) is 39.0 Å². The first kappa shape index (κ1) is 14.8. The summed E-state index contributed by atoms with van der Waals surface area (Å²) in [6.45, 7) is 3.29. The second-order valence-corrected chi connectivity index (χ2v) is 4.28. The summed E-state index contributed by atoms with van der Waals surface area (Å²) in [4.78, 5) is 0. The lowest BCUT2D eigenvalue weighted by atomic mass is 10.2. The van der Waals surface area contributed by atoms with Crippen molar-refractivity contribution in [3.05, 3.63) is 24.3 Å². The second kappa shape index (κ2) is 9.77. The van der Waals surface area contributed by atoms with Crippen LogP contribution in [0.2, 0.25) is 0 Å². The molecule has 0 aliphatic carbocycles. The molecule has 0 bridgehead atoms. The minimum atomic E-state index is 0.275. The molecule has 0 fully saturated rings. The summed E-state index contributed by atoms with van der Waals surface area (Å²) in [6.07, 6.45) is 6.30. The van der Waals surface area contributed by atoms with Gasteiger partial charge in [-0.2, -0.15) is 0 Å². The first-order chi connectivity index (χ1) is 8.86. The van der Waals surface area contributed by atoms with Crippen LogP contribution in [0.5, 0.6) is 11.5 Å². The average Bonchev–Trinajstić information content (AvgIpc) is 2.42. The van der Waals surface area contributed by atoms with Crippen LogP contribution < -0.4 is 9.47 Å². The molecule has 0 radical (unpaired) electrons. The lowest BCUT2D eigenvalue weighted by Crippen LogP contribution is -1.99. The van der Waals surface area contributed by atoms with E-state index in [1.165, 1.54) is 25.7 Å². The fourth-order valence-corrected chi connectivity index (χ4v) is 1.65. The molecule has 0 aromatic heterocycles. The Labute approximate surface area is 110 Å². The molecule has 0 unspecified atom stereocenters. The Balaban J connectivity index is 2.14. The van der Waals surface area contributed by atoms with Crippen LogP contribution in [-0.2, 0) is 4.74 Å². The third kappa shape index (κ3) is 6.50. The van der Waals surface area contributed by atoms with Gasteiger partial charge in [-0.25, -0.2) is 0 Å². The van der Waals surface area contributed by atoms with Gasteiger partial charge in [-0.15, -0.1) is 0 Å². The molecule has 102 valence electrons. The van der Waals surface area contributed by atoms with Gasteiger partial charge < -0.3 is 14.2 Å². The predicted molar refractivity (Wildman–Crippen MR) is 73.2 cm³/mol. The van der Waals surface area contributed by atoms with Crippen LogP contribution in [0.25, 0.3) is 0 Å². The highest BCUT2D eigenvalue weighted by molar-refractivity contribution is 5.31. The second-order valence-electron chi connectivity index (χ2n) is 4.28. The van der Waals surface area contributed by atoms with Gasteiger partial charge in [-0.3, -0.25) is 0 Å². The quantitative estimate of drug-likeness (QED) is 0.465. The Kier molecular flexibility index (Phi) is 8.06. The van der Waals surface area contributed by atoms with Crippen LogP contribution in [-0.4, -0.2) is 20.5 Å². The molecular formula is C15H24O3. The minimum Gasteiger partial charge on any atom is -0.494 e. The number of hydrogen-bond donors (Lipinski definition) is 0. The van der Waals surface area contributed by atoms with Crippen LogP contribution >= 0.6 is 0 Å². The summed E-state index contributed by atoms with van der Waals surface area (Å²) in [5.41, 5.74) is 0. The molecule has 0 atom stereocenters. The Morgan fingerprint density at radius 1 is 0.833 bits per heavy atom. The van der Waals surface area contributed by atoms with Crippen molar-refractivity contribution in [1.82, 2.24) is 0 Å². The zero-order chi connectivity index (χ0) is 13.1. The Morgan fingerprint density at radius 2 is 1.44 bits per heavy atom. The molecular weight excluding hydrogens is 228 g/mol. The maximum absolute atomic E-state index is 5.66. The minimum absolute atomic E-state index is 0.275. The summed E-state index contributed by atoms with van der Waals surface area (Å²) >= 11 is 0. The Hall–Kier alpha value is -1.22. The number of methoxy groups -OCH3 is 1. The average molecular weight is 252 g/mol. The smallest absolute Gasteiger partial charge is 0.188 e. The highest BCUT2D eigenvalue weighted by Crippen LogP contribution is 2.17. The zero-order valence-electron chi connectivity index (χ0n) is 11.5. The molecule has 1 aromatic rings. The predicted octanol–water partition coefficient (Wildman–Crippen LogP) is 4.02. The molecule has 1 aromatic carbocycles. The van der Waals surface area contributed by atoms with Crippen LogP contribution in [0.15, 0.2) is 24.3 Å². The van der Waals surface area contributed by atoms with E-state index < -0.39 is 0 Å². The van der Waals surface area contributed by atoms with E-state index >= 15 is 0 Å². The molecule has 0 saturated carbocycles. The van der Waals surface area contributed by atoms with Crippen molar-refractivity contribution in [2.75, 3.05) is 20.5 Å². The van der Waals surface area contributed by atoms with Crippen molar-refractivity contribution < 1.29 is 14.2 Å². The van der Waals surface area contributed by atoms with E-state index in [0.717, 1.165) is 24.5 Å². The molecule has 18 heavy (non-hydrogen) atoms. The van der Waals surface area contributed by atoms with Crippen LogP contribution in [0.3, 0.4) is 0 Å². The largest absolute Gasteiger partial charge is 0.494 e. The first-order valence-corrected chi connectivity index (χ1v) is 6.71. The summed E-state index contributed by atoms with van der Waals surface area (Å²) in [7, 11) is 1.61. The van der Waals surface area contributed by atoms with E-state index in [-0.39, 0.29) is 6.79 Å². The van der Waals surface area contributed by atoms with Gasteiger partial charge in [0.1, 0.15) is 11.5 Å². The normalized spacial score (nSPS) is 10.3. The van der Waals surface area contributed by atoms with E-state index in [2.05, 4.69) is 6.92 Å². The van der Waals surface area contributed by atoms with E-state index in [1.807, 2.05) is 24.3 Å². The highest BCUT2D eigenvalue weighted by atomic mass is 16.7. The molecule has 0 spiro atoms. The number of benzene rings is 1. The molecule has 1 rings (SSSR count). The van der Waals surface area contributed by atoms with E-state index in [0.29, 0.717) is 0 Å². The molecule has 0 N–H and O–H groups in total. The number of hydrogen-bond acceptors (Lipinski definition) is 3. The molecule has 0 saturated heterocycles. The van der Waals surface area contributed by atoms with Crippen molar-refractivity contribution >= 4 is 0 Å². The maximum Gasteiger partial charge on any atom is 0.188 e. The number of unbranched alkanes of at least 4 members (excludes halogenated alkanes) is 4. The monoisotopic (exact) mass is 252 g/mol. The fourth-order valence-electron chi connectivity index (χ4n) is 1.65. The van der Waals surface area contributed by atoms with Gasteiger partial charge in [0.25, 0.3) is 0 Å². The maximum atomic E-state index is 5.66. The van der Waals surface area contributed by atoms with Gasteiger partial charge in [0.05, 0.1) is 6.61 Å². The van der Waals surface area contributed by atoms with Gasteiger partial charge in [0, 0.05) is 7.11 Å². The van der Waals surface area contributed by atoms with E-state index in [1.54, 1.807) is 7.11 Å². The lowest BCUT2D eigenvalue weighted by Gasteiger charge is -2.08. The molecule has 0 amide bonds. The van der Waals surface area contributed by atoms with Crippen molar-refractivity contribution in [3.8, 4) is 11.5 Å². The van der Waals surface area contributed by atoms with Crippen LogP contribution in [0.1, 0.15) is 39.0 Å². The van der Waals surface area contributed by atoms with Crippen molar-refractivity contribution in [1.29, 1.82) is 0 Å². The molecule has 3 nitrogen and oxygen atoms in total. The van der Waals surface area contributed by atoms with Crippen molar-refractivity contribution in [2.24, 2.45) is 0 Å². The molecule has 0 aliphatic rings. The molecule has 3 heteroatoms. The van der Waals surface area contributed by atoms with Crippen molar-refractivity contribution in [3.63, 3.8) is 0 Å². The summed E-state index contributed by atoms with van der Waals surface area (Å²) in [6, 6.07) is 7.64. The first-order valence-electron chi connectivity index (χ1n) is 6.71. The van der Waals surface area contributed by atoms with Gasteiger partial charge in [-0.05, 0) is 30.7 Å². The summed E-state index contributed by atoms with van der Waals surface area (Å²) in [5, 5.41) is 0. The van der Waals surface area contributed by atoms with Gasteiger partial charge in [-0.1, -0.05) is 32.6 Å². The highest BCUT2D eigenvalue weighted by Gasteiger charge is 1.96. The SMILES string of the molecule is CCCCCCCOc1ccc(OCOC)cc1. The Morgan fingerprint density at radius 3 is 2.06 bits per heavy atom. The lowest BCUT2D eigenvalue weighted by molar-refractivity contribution is 0.0511. The standard InChI is InChI=1S/C15H24O3/c1-3-4-5-6-7-12-17-14-8-10-15(11-9-14)18-13-16-2/h8-11H,3-7,12-13H2,1-2H3. The molecule has 0 aliphatic heterocycles. The summed E-state index contributed by atoms with van der Waals surface area (Å²) < 4.78 is 15.8. The van der Waals surface area contributed by atoms with Gasteiger partial charge in [0.15, 0.2) is 6.79 Å². The topological polar surface area (TPSA) is 27.7 Å². The number of rotatable bonds is 10. The molecule has 0 heterocycles. The van der Waals surface area contributed by atoms with E-state index in [9.17, 15) is 0 Å². The van der Waals surface area contributed by atoms with E-state index in [4.69, 9.17) is 14.2 Å². The fraction of sp³-hybridized carbons (Fsp3) is 0.600. The van der Waals surface area contributed by atoms with Gasteiger partial charge >= 0.3 is 0 Å².